The van der Waals surface area contributed by atoms with Gasteiger partial charge in [0.05, 0.1) is 0 Å². The summed E-state index contributed by atoms with van der Waals surface area (Å²) in [5, 5.41) is 21.7. The Labute approximate surface area is 106 Å². The first-order chi connectivity index (χ1) is 8.70. The zero-order valence-electron chi connectivity index (χ0n) is 10.2. The van der Waals surface area contributed by atoms with Crippen molar-refractivity contribution in [3.05, 3.63) is 53.3 Å². The van der Waals surface area contributed by atoms with Crippen LogP contribution in [-0.4, -0.2) is 9.67 Å². The van der Waals surface area contributed by atoms with E-state index >= 15 is 0 Å². The molecule has 0 saturated carbocycles. The molecule has 0 aliphatic heterocycles. The van der Waals surface area contributed by atoms with E-state index in [0.717, 1.165) is 11.1 Å². The molecular formula is C14H15N3O. The fraction of sp³-hybridized carbons (Fsp3) is 0.214. The van der Waals surface area contributed by atoms with Gasteiger partial charge in [0, 0.05) is 31.9 Å². The zero-order valence-corrected chi connectivity index (χ0v) is 10.2. The number of nitriles is 1. The molecule has 1 heterocycles. The summed E-state index contributed by atoms with van der Waals surface area (Å²) in [6, 6.07) is 11.2. The lowest BCUT2D eigenvalue weighted by Crippen LogP contribution is -2.12. The highest BCUT2D eigenvalue weighted by Gasteiger charge is 2.03. The molecular weight excluding hydrogens is 226 g/mol. The molecule has 2 aromatic rings. The van der Waals surface area contributed by atoms with Crippen molar-refractivity contribution in [3.63, 3.8) is 0 Å². The third-order valence-corrected chi connectivity index (χ3v) is 2.81. The number of aromatic hydroxyl groups is 1. The minimum atomic E-state index is 0.302. The van der Waals surface area contributed by atoms with Gasteiger partial charge in [0.1, 0.15) is 17.5 Å². The van der Waals surface area contributed by atoms with E-state index in [1.165, 1.54) is 0 Å². The van der Waals surface area contributed by atoms with Crippen LogP contribution in [0.15, 0.2) is 36.5 Å². The smallest absolute Gasteiger partial charge is 0.120 e. The van der Waals surface area contributed by atoms with Gasteiger partial charge in [-0.15, -0.1) is 0 Å². The molecule has 0 aliphatic carbocycles. The van der Waals surface area contributed by atoms with Crippen molar-refractivity contribution in [1.82, 2.24) is 9.88 Å². The third-order valence-electron chi connectivity index (χ3n) is 2.81. The number of benzene rings is 1. The molecule has 0 atom stereocenters. The van der Waals surface area contributed by atoms with E-state index in [0.29, 0.717) is 24.5 Å². The van der Waals surface area contributed by atoms with Crippen LogP contribution in [0.2, 0.25) is 0 Å². The topological polar surface area (TPSA) is 61.0 Å². The SMILES string of the molecule is Cn1cc(CNCc2ccccc2O)cc1C#N. The van der Waals surface area contributed by atoms with Gasteiger partial charge in [0.25, 0.3) is 0 Å². The number of aromatic nitrogens is 1. The highest BCUT2D eigenvalue weighted by molar-refractivity contribution is 5.32. The monoisotopic (exact) mass is 241 g/mol. The van der Waals surface area contributed by atoms with Crippen LogP contribution in [0.1, 0.15) is 16.8 Å². The van der Waals surface area contributed by atoms with Crippen molar-refractivity contribution in [2.24, 2.45) is 7.05 Å². The summed E-state index contributed by atoms with van der Waals surface area (Å²) >= 11 is 0. The van der Waals surface area contributed by atoms with Gasteiger partial charge in [-0.05, 0) is 17.7 Å². The Kier molecular flexibility index (Phi) is 3.66. The molecule has 1 aromatic carbocycles. The van der Waals surface area contributed by atoms with Crippen molar-refractivity contribution in [2.45, 2.75) is 13.1 Å². The van der Waals surface area contributed by atoms with Gasteiger partial charge < -0.3 is 15.0 Å². The average molecular weight is 241 g/mol. The number of nitrogens with one attached hydrogen (secondary N) is 1. The maximum atomic E-state index is 9.61. The molecule has 0 bridgehead atoms. The molecule has 2 N–H and O–H groups in total. The Balaban J connectivity index is 1.93. The predicted octanol–water partition coefficient (Wildman–Crippen LogP) is 1.89. The molecule has 0 unspecified atom stereocenters. The van der Waals surface area contributed by atoms with E-state index in [-0.39, 0.29) is 0 Å². The fourth-order valence-corrected chi connectivity index (χ4v) is 1.84. The highest BCUT2D eigenvalue weighted by Crippen LogP contribution is 2.15. The van der Waals surface area contributed by atoms with Gasteiger partial charge in [0.15, 0.2) is 0 Å². The van der Waals surface area contributed by atoms with Crippen molar-refractivity contribution >= 4 is 0 Å². The van der Waals surface area contributed by atoms with Crippen LogP contribution in [-0.2, 0) is 20.1 Å². The number of phenols is 1. The molecule has 18 heavy (non-hydrogen) atoms. The third kappa shape index (κ3) is 2.70. The largest absolute Gasteiger partial charge is 0.508 e. The van der Waals surface area contributed by atoms with Crippen LogP contribution < -0.4 is 5.32 Å². The van der Waals surface area contributed by atoms with E-state index < -0.39 is 0 Å². The lowest BCUT2D eigenvalue weighted by atomic mass is 10.2. The molecule has 0 saturated heterocycles. The van der Waals surface area contributed by atoms with Gasteiger partial charge in [-0.2, -0.15) is 5.26 Å². The quantitative estimate of drug-likeness (QED) is 0.859. The molecule has 0 radical (unpaired) electrons. The molecule has 0 spiro atoms. The van der Waals surface area contributed by atoms with Gasteiger partial charge >= 0.3 is 0 Å². The first-order valence-corrected chi connectivity index (χ1v) is 5.73. The normalized spacial score (nSPS) is 10.2. The summed E-state index contributed by atoms with van der Waals surface area (Å²) in [6.07, 6.45) is 1.93. The van der Waals surface area contributed by atoms with Crippen LogP contribution in [0, 0.1) is 11.3 Å². The summed E-state index contributed by atoms with van der Waals surface area (Å²) in [5.41, 5.74) is 2.58. The van der Waals surface area contributed by atoms with Gasteiger partial charge in [-0.1, -0.05) is 18.2 Å². The number of phenolic OH excluding ortho intramolecular Hbond substituents is 1. The number of rotatable bonds is 4. The zero-order chi connectivity index (χ0) is 13.0. The predicted molar refractivity (Wildman–Crippen MR) is 68.8 cm³/mol. The van der Waals surface area contributed by atoms with Crippen molar-refractivity contribution < 1.29 is 5.11 Å². The second-order valence-corrected chi connectivity index (χ2v) is 4.19. The Bertz CT molecular complexity index is 581. The van der Waals surface area contributed by atoms with Crippen molar-refractivity contribution in [2.75, 3.05) is 0 Å². The van der Waals surface area contributed by atoms with Crippen LogP contribution in [0.3, 0.4) is 0 Å². The number of nitrogens with zero attached hydrogens (tertiary/aromatic N) is 2. The molecule has 0 amide bonds. The fourth-order valence-electron chi connectivity index (χ4n) is 1.84. The molecule has 2 rings (SSSR count). The van der Waals surface area contributed by atoms with Crippen molar-refractivity contribution in [3.8, 4) is 11.8 Å². The average Bonchev–Trinajstić information content (AvgIpc) is 2.72. The van der Waals surface area contributed by atoms with Crippen LogP contribution in [0.4, 0.5) is 0 Å². The Morgan fingerprint density at radius 1 is 1.33 bits per heavy atom. The first kappa shape index (κ1) is 12.2. The maximum absolute atomic E-state index is 9.61. The summed E-state index contributed by atoms with van der Waals surface area (Å²) in [4.78, 5) is 0. The molecule has 0 fully saturated rings. The second-order valence-electron chi connectivity index (χ2n) is 4.19. The Morgan fingerprint density at radius 3 is 2.78 bits per heavy atom. The van der Waals surface area contributed by atoms with Crippen LogP contribution in [0.25, 0.3) is 0 Å². The van der Waals surface area contributed by atoms with E-state index in [4.69, 9.17) is 5.26 Å². The van der Waals surface area contributed by atoms with E-state index in [2.05, 4.69) is 11.4 Å². The van der Waals surface area contributed by atoms with Gasteiger partial charge in [-0.25, -0.2) is 0 Å². The number of hydrogen-bond donors (Lipinski definition) is 2. The molecule has 92 valence electrons. The molecule has 1 aromatic heterocycles. The first-order valence-electron chi connectivity index (χ1n) is 5.73. The highest BCUT2D eigenvalue weighted by atomic mass is 16.3. The molecule has 4 nitrogen and oxygen atoms in total. The van der Waals surface area contributed by atoms with Crippen molar-refractivity contribution in [1.29, 1.82) is 5.26 Å². The summed E-state index contributed by atoms with van der Waals surface area (Å²) in [7, 11) is 1.85. The second kappa shape index (κ2) is 5.39. The van der Waals surface area contributed by atoms with E-state index in [1.54, 1.807) is 16.7 Å². The Hall–Kier alpha value is -2.25. The molecule has 0 aliphatic rings. The van der Waals surface area contributed by atoms with E-state index in [9.17, 15) is 5.11 Å². The lowest BCUT2D eigenvalue weighted by Gasteiger charge is -2.05. The van der Waals surface area contributed by atoms with Gasteiger partial charge in [-0.3, -0.25) is 0 Å². The number of aryl methyl sites for hydroxylation is 1. The molecule has 4 heteroatoms. The lowest BCUT2D eigenvalue weighted by molar-refractivity contribution is 0.464. The number of para-hydroxylation sites is 1. The minimum absolute atomic E-state index is 0.302. The van der Waals surface area contributed by atoms with Crippen LogP contribution in [0.5, 0.6) is 5.75 Å². The van der Waals surface area contributed by atoms with Gasteiger partial charge in [0.2, 0.25) is 0 Å². The summed E-state index contributed by atoms with van der Waals surface area (Å²) < 4.78 is 1.80. The van der Waals surface area contributed by atoms with E-state index in [1.807, 2.05) is 31.4 Å². The minimum Gasteiger partial charge on any atom is -0.508 e. The standard InChI is InChI=1S/C14H15N3O/c1-17-10-11(6-13(17)7-15)8-16-9-12-4-2-3-5-14(12)18/h2-6,10,16,18H,8-9H2,1H3. The van der Waals surface area contributed by atoms with Crippen LogP contribution >= 0.6 is 0 Å². The Morgan fingerprint density at radius 2 is 2.11 bits per heavy atom. The maximum Gasteiger partial charge on any atom is 0.120 e. The summed E-state index contributed by atoms with van der Waals surface area (Å²) in [5.74, 6) is 0.302. The summed E-state index contributed by atoms with van der Waals surface area (Å²) in [6.45, 7) is 1.27. The number of hydrogen-bond acceptors (Lipinski definition) is 3.